The van der Waals surface area contributed by atoms with E-state index in [0.29, 0.717) is 21.1 Å². The first-order valence-corrected chi connectivity index (χ1v) is 8.25. The van der Waals surface area contributed by atoms with Crippen LogP contribution in [0.4, 0.5) is 0 Å². The van der Waals surface area contributed by atoms with Crippen molar-refractivity contribution in [3.05, 3.63) is 56.5 Å². The first kappa shape index (κ1) is 15.2. The van der Waals surface area contributed by atoms with Crippen molar-refractivity contribution in [1.82, 2.24) is 5.32 Å². The van der Waals surface area contributed by atoms with E-state index in [1.54, 1.807) is 12.1 Å². The van der Waals surface area contributed by atoms with Crippen molar-refractivity contribution < 1.29 is 0 Å². The molecule has 0 saturated heterocycles. The summed E-state index contributed by atoms with van der Waals surface area (Å²) in [4.78, 5) is 0. The van der Waals surface area contributed by atoms with Crippen molar-refractivity contribution >= 4 is 34.8 Å². The van der Waals surface area contributed by atoms with Crippen LogP contribution in [0.2, 0.25) is 15.1 Å². The zero-order valence-electron chi connectivity index (χ0n) is 11.7. The van der Waals surface area contributed by atoms with Gasteiger partial charge in [-0.15, -0.1) is 0 Å². The van der Waals surface area contributed by atoms with Gasteiger partial charge >= 0.3 is 0 Å². The molecule has 0 heterocycles. The van der Waals surface area contributed by atoms with Gasteiger partial charge in [-0.1, -0.05) is 59.9 Å². The van der Waals surface area contributed by atoms with Crippen LogP contribution in [-0.4, -0.2) is 6.54 Å². The summed E-state index contributed by atoms with van der Waals surface area (Å²) in [5.74, 6) is 0. The number of hydrogen-bond donors (Lipinski definition) is 1. The van der Waals surface area contributed by atoms with E-state index in [2.05, 4.69) is 30.4 Å². The van der Waals surface area contributed by atoms with Gasteiger partial charge in [-0.3, -0.25) is 0 Å². The Labute approximate surface area is 140 Å². The Morgan fingerprint density at radius 1 is 1.14 bits per heavy atom. The standard InChI is InChI=1S/C17H16Cl3N/c1-2-21-16-7-6-11-12(16)4-3-5-13(11)17-14(19)8-10(18)9-15(17)20/h3-5,8-9,16,21H,2,6-7H2,1H3. The zero-order chi connectivity index (χ0) is 15.0. The molecule has 2 aromatic carbocycles. The largest absolute Gasteiger partial charge is 0.310 e. The van der Waals surface area contributed by atoms with Gasteiger partial charge in [0.05, 0.1) is 10.0 Å². The lowest BCUT2D eigenvalue weighted by atomic mass is 9.96. The second-order valence-corrected chi connectivity index (χ2v) is 6.52. The molecule has 1 aliphatic carbocycles. The van der Waals surface area contributed by atoms with E-state index in [1.165, 1.54) is 11.1 Å². The fourth-order valence-electron chi connectivity index (χ4n) is 3.15. The van der Waals surface area contributed by atoms with Crippen molar-refractivity contribution in [3.63, 3.8) is 0 Å². The fourth-order valence-corrected chi connectivity index (χ4v) is 4.17. The molecule has 21 heavy (non-hydrogen) atoms. The molecule has 1 aliphatic rings. The first-order chi connectivity index (χ1) is 10.1. The third-order valence-corrected chi connectivity index (χ3v) is 4.81. The lowest BCUT2D eigenvalue weighted by Crippen LogP contribution is -2.18. The molecule has 0 aliphatic heterocycles. The maximum atomic E-state index is 6.38. The molecule has 2 aromatic rings. The zero-order valence-corrected chi connectivity index (χ0v) is 14.0. The van der Waals surface area contributed by atoms with Gasteiger partial charge in [0.1, 0.15) is 0 Å². The summed E-state index contributed by atoms with van der Waals surface area (Å²) in [6.45, 7) is 3.10. The van der Waals surface area contributed by atoms with Gasteiger partial charge in [0.2, 0.25) is 0 Å². The molecule has 0 bridgehead atoms. The van der Waals surface area contributed by atoms with Gasteiger partial charge in [0.15, 0.2) is 0 Å². The summed E-state index contributed by atoms with van der Waals surface area (Å²) in [6.07, 6.45) is 2.15. The third-order valence-electron chi connectivity index (χ3n) is 4.00. The molecule has 1 atom stereocenters. The molecule has 3 rings (SSSR count). The predicted octanol–water partition coefficient (Wildman–Crippen LogP) is 5.91. The smallest absolute Gasteiger partial charge is 0.0514 e. The third kappa shape index (κ3) is 2.80. The summed E-state index contributed by atoms with van der Waals surface area (Å²) in [6, 6.07) is 10.3. The van der Waals surface area contributed by atoms with Crippen LogP contribution in [0.15, 0.2) is 30.3 Å². The molecule has 110 valence electrons. The molecule has 1 N–H and O–H groups in total. The highest BCUT2D eigenvalue weighted by Crippen LogP contribution is 2.43. The molecule has 1 unspecified atom stereocenters. The first-order valence-electron chi connectivity index (χ1n) is 7.12. The SMILES string of the molecule is CCNC1CCc2c(-c3c(Cl)cc(Cl)cc3Cl)cccc21. The average molecular weight is 341 g/mol. The number of fused-ring (bicyclic) bond motifs is 1. The maximum Gasteiger partial charge on any atom is 0.0514 e. The molecule has 4 heteroatoms. The van der Waals surface area contributed by atoms with E-state index >= 15 is 0 Å². The molecular formula is C17H16Cl3N. The van der Waals surface area contributed by atoms with Crippen LogP contribution in [-0.2, 0) is 6.42 Å². The molecular weight excluding hydrogens is 325 g/mol. The van der Waals surface area contributed by atoms with Gasteiger partial charge in [-0.05, 0) is 48.2 Å². The van der Waals surface area contributed by atoms with Crippen LogP contribution >= 0.6 is 34.8 Å². The topological polar surface area (TPSA) is 12.0 Å². The summed E-state index contributed by atoms with van der Waals surface area (Å²) < 4.78 is 0. The normalized spacial score (nSPS) is 17.0. The minimum Gasteiger partial charge on any atom is -0.310 e. The van der Waals surface area contributed by atoms with E-state index in [9.17, 15) is 0 Å². The Balaban J connectivity index is 2.14. The average Bonchev–Trinajstić information content (AvgIpc) is 2.82. The molecule has 0 aromatic heterocycles. The Hall–Kier alpha value is -0.730. The van der Waals surface area contributed by atoms with Crippen LogP contribution in [0.1, 0.15) is 30.5 Å². The highest BCUT2D eigenvalue weighted by molar-refractivity contribution is 6.41. The Morgan fingerprint density at radius 2 is 1.86 bits per heavy atom. The van der Waals surface area contributed by atoms with Gasteiger partial charge in [-0.2, -0.15) is 0 Å². The van der Waals surface area contributed by atoms with Crippen molar-refractivity contribution in [2.75, 3.05) is 6.54 Å². The molecule has 0 saturated carbocycles. The predicted molar refractivity (Wildman–Crippen MR) is 91.6 cm³/mol. The Kier molecular flexibility index (Phi) is 4.46. The maximum absolute atomic E-state index is 6.38. The Morgan fingerprint density at radius 3 is 2.52 bits per heavy atom. The second kappa shape index (κ2) is 6.18. The monoisotopic (exact) mass is 339 g/mol. The van der Waals surface area contributed by atoms with E-state index in [0.717, 1.165) is 30.5 Å². The van der Waals surface area contributed by atoms with E-state index in [1.807, 2.05) is 0 Å². The molecule has 0 spiro atoms. The minimum atomic E-state index is 0.426. The van der Waals surface area contributed by atoms with Crippen molar-refractivity contribution in [1.29, 1.82) is 0 Å². The molecule has 0 radical (unpaired) electrons. The van der Waals surface area contributed by atoms with Crippen LogP contribution in [0.5, 0.6) is 0 Å². The van der Waals surface area contributed by atoms with Crippen molar-refractivity contribution in [3.8, 4) is 11.1 Å². The number of nitrogens with one attached hydrogen (secondary N) is 1. The second-order valence-electron chi connectivity index (χ2n) is 5.27. The highest BCUT2D eigenvalue weighted by Gasteiger charge is 2.25. The van der Waals surface area contributed by atoms with E-state index in [-0.39, 0.29) is 0 Å². The van der Waals surface area contributed by atoms with Gasteiger partial charge in [0.25, 0.3) is 0 Å². The summed E-state index contributed by atoms with van der Waals surface area (Å²) in [7, 11) is 0. The lowest BCUT2D eigenvalue weighted by molar-refractivity contribution is 0.549. The molecule has 0 fully saturated rings. The highest BCUT2D eigenvalue weighted by atomic mass is 35.5. The van der Waals surface area contributed by atoms with Gasteiger partial charge in [-0.25, -0.2) is 0 Å². The van der Waals surface area contributed by atoms with Crippen molar-refractivity contribution in [2.24, 2.45) is 0 Å². The van der Waals surface area contributed by atoms with Crippen LogP contribution in [0.25, 0.3) is 11.1 Å². The molecule has 0 amide bonds. The summed E-state index contributed by atoms with van der Waals surface area (Å²) in [5, 5.41) is 5.30. The van der Waals surface area contributed by atoms with Gasteiger partial charge in [0, 0.05) is 16.6 Å². The van der Waals surface area contributed by atoms with Gasteiger partial charge < -0.3 is 5.32 Å². The fraction of sp³-hybridized carbons (Fsp3) is 0.294. The minimum absolute atomic E-state index is 0.426. The van der Waals surface area contributed by atoms with Crippen LogP contribution in [0.3, 0.4) is 0 Å². The number of rotatable bonds is 3. The summed E-state index contributed by atoms with van der Waals surface area (Å²) in [5.41, 5.74) is 4.71. The summed E-state index contributed by atoms with van der Waals surface area (Å²) >= 11 is 18.8. The van der Waals surface area contributed by atoms with E-state index in [4.69, 9.17) is 34.8 Å². The van der Waals surface area contributed by atoms with Crippen LogP contribution < -0.4 is 5.32 Å². The lowest BCUT2D eigenvalue weighted by Gasteiger charge is -2.15. The number of hydrogen-bond acceptors (Lipinski definition) is 1. The molecule has 1 nitrogen and oxygen atoms in total. The quantitative estimate of drug-likeness (QED) is 0.732. The van der Waals surface area contributed by atoms with E-state index < -0.39 is 0 Å². The Bertz CT molecular complexity index is 659. The van der Waals surface area contributed by atoms with Crippen LogP contribution in [0, 0.1) is 0 Å². The number of benzene rings is 2. The number of halogens is 3. The van der Waals surface area contributed by atoms with Crippen molar-refractivity contribution in [2.45, 2.75) is 25.8 Å².